The van der Waals surface area contributed by atoms with E-state index in [9.17, 15) is 8.42 Å². The molecule has 0 radical (unpaired) electrons. The molecule has 0 saturated carbocycles. The second kappa shape index (κ2) is 6.35. The standard InChI is InChI=1S/C13H28N2O2S/c1-11-5-6-12(9-14-11)10-15-18(16,17)8-7-13(2,3)4/h11-12,14-15H,5-10H2,1-4H3. The van der Waals surface area contributed by atoms with E-state index in [0.717, 1.165) is 19.4 Å². The lowest BCUT2D eigenvalue weighted by molar-refractivity contribution is 0.323. The molecule has 2 N–H and O–H groups in total. The molecule has 108 valence electrons. The van der Waals surface area contributed by atoms with Gasteiger partial charge in [-0.15, -0.1) is 0 Å². The third-order valence-electron chi connectivity index (χ3n) is 3.48. The van der Waals surface area contributed by atoms with Gasteiger partial charge in [0.25, 0.3) is 0 Å². The first-order valence-electron chi connectivity index (χ1n) is 6.89. The zero-order chi connectivity index (χ0) is 13.8. The average molecular weight is 276 g/mol. The number of rotatable bonds is 5. The quantitative estimate of drug-likeness (QED) is 0.804. The fraction of sp³-hybridized carbons (Fsp3) is 1.00. The lowest BCUT2D eigenvalue weighted by Gasteiger charge is -2.27. The average Bonchev–Trinajstić information content (AvgIpc) is 2.25. The Balaban J connectivity index is 2.29. The van der Waals surface area contributed by atoms with Gasteiger partial charge in [0.15, 0.2) is 0 Å². The minimum absolute atomic E-state index is 0.0660. The van der Waals surface area contributed by atoms with Crippen molar-refractivity contribution in [3.8, 4) is 0 Å². The molecule has 0 aromatic heterocycles. The van der Waals surface area contributed by atoms with Crippen LogP contribution in [0.1, 0.15) is 47.0 Å². The summed E-state index contributed by atoms with van der Waals surface area (Å²) < 4.78 is 26.5. The molecule has 0 aromatic rings. The molecule has 1 fully saturated rings. The Bertz CT molecular complexity index is 338. The first-order valence-corrected chi connectivity index (χ1v) is 8.54. The van der Waals surface area contributed by atoms with Gasteiger partial charge in [0.05, 0.1) is 5.75 Å². The molecule has 1 aliphatic heterocycles. The second-order valence-corrected chi connectivity index (χ2v) is 8.66. The Labute approximate surface area is 112 Å². The molecule has 1 heterocycles. The van der Waals surface area contributed by atoms with Crippen molar-refractivity contribution in [3.63, 3.8) is 0 Å². The van der Waals surface area contributed by atoms with Gasteiger partial charge in [0, 0.05) is 12.6 Å². The minimum atomic E-state index is -3.11. The SMILES string of the molecule is CC1CCC(CNS(=O)(=O)CCC(C)(C)C)CN1. The fourth-order valence-corrected chi connectivity index (χ4v) is 3.50. The molecular weight excluding hydrogens is 248 g/mol. The Morgan fingerprint density at radius 1 is 1.28 bits per heavy atom. The van der Waals surface area contributed by atoms with Crippen molar-refractivity contribution < 1.29 is 8.42 Å². The molecule has 0 aromatic carbocycles. The molecule has 0 spiro atoms. The van der Waals surface area contributed by atoms with E-state index < -0.39 is 10.0 Å². The first-order chi connectivity index (χ1) is 8.18. The molecule has 2 atom stereocenters. The maximum atomic E-state index is 11.9. The van der Waals surface area contributed by atoms with Crippen LogP contribution in [0.3, 0.4) is 0 Å². The van der Waals surface area contributed by atoms with Gasteiger partial charge in [-0.2, -0.15) is 0 Å². The molecule has 0 amide bonds. The molecule has 0 bridgehead atoms. The van der Waals surface area contributed by atoms with Crippen molar-refractivity contribution in [1.29, 1.82) is 0 Å². The first kappa shape index (κ1) is 15.9. The van der Waals surface area contributed by atoms with Crippen molar-refractivity contribution in [2.75, 3.05) is 18.8 Å². The lowest BCUT2D eigenvalue weighted by atomic mass is 9.94. The van der Waals surface area contributed by atoms with Crippen molar-refractivity contribution >= 4 is 10.0 Å². The molecule has 1 saturated heterocycles. The predicted octanol–water partition coefficient (Wildman–Crippen LogP) is 1.73. The van der Waals surface area contributed by atoms with Gasteiger partial charge in [-0.3, -0.25) is 0 Å². The van der Waals surface area contributed by atoms with Gasteiger partial charge in [-0.1, -0.05) is 20.8 Å². The molecule has 5 heteroatoms. The van der Waals surface area contributed by atoms with Crippen molar-refractivity contribution in [2.45, 2.75) is 53.0 Å². The van der Waals surface area contributed by atoms with E-state index in [2.05, 4.69) is 37.7 Å². The molecule has 4 nitrogen and oxygen atoms in total. The van der Waals surface area contributed by atoms with Gasteiger partial charge < -0.3 is 5.32 Å². The van der Waals surface area contributed by atoms with E-state index in [1.807, 2.05) is 0 Å². The summed E-state index contributed by atoms with van der Waals surface area (Å²) >= 11 is 0. The monoisotopic (exact) mass is 276 g/mol. The molecule has 0 aliphatic carbocycles. The molecule has 1 rings (SSSR count). The van der Waals surface area contributed by atoms with E-state index >= 15 is 0 Å². The highest BCUT2D eigenvalue weighted by Crippen LogP contribution is 2.19. The maximum Gasteiger partial charge on any atom is 0.211 e. The van der Waals surface area contributed by atoms with E-state index in [-0.39, 0.29) is 11.2 Å². The van der Waals surface area contributed by atoms with Crippen LogP contribution in [0.25, 0.3) is 0 Å². The van der Waals surface area contributed by atoms with E-state index in [4.69, 9.17) is 0 Å². The van der Waals surface area contributed by atoms with Gasteiger partial charge in [0.1, 0.15) is 0 Å². The second-order valence-electron chi connectivity index (χ2n) is 6.73. The lowest BCUT2D eigenvalue weighted by Crippen LogP contribution is -2.42. The highest BCUT2D eigenvalue weighted by molar-refractivity contribution is 7.89. The third-order valence-corrected chi connectivity index (χ3v) is 4.82. The van der Waals surface area contributed by atoms with Crippen LogP contribution in [0.2, 0.25) is 0 Å². The van der Waals surface area contributed by atoms with Crippen molar-refractivity contribution in [2.24, 2.45) is 11.3 Å². The van der Waals surface area contributed by atoms with Crippen LogP contribution in [0.4, 0.5) is 0 Å². The van der Waals surface area contributed by atoms with Crippen molar-refractivity contribution in [3.05, 3.63) is 0 Å². The third kappa shape index (κ3) is 6.71. The van der Waals surface area contributed by atoms with E-state index in [1.165, 1.54) is 0 Å². The van der Waals surface area contributed by atoms with Gasteiger partial charge in [-0.25, -0.2) is 13.1 Å². The topological polar surface area (TPSA) is 58.2 Å². The Morgan fingerprint density at radius 3 is 2.44 bits per heavy atom. The van der Waals surface area contributed by atoms with E-state index in [1.54, 1.807) is 0 Å². The Morgan fingerprint density at radius 2 is 1.94 bits per heavy atom. The predicted molar refractivity (Wildman–Crippen MR) is 76.1 cm³/mol. The molecule has 2 unspecified atom stereocenters. The number of hydrogen-bond acceptors (Lipinski definition) is 3. The summed E-state index contributed by atoms with van der Waals surface area (Å²) in [6.45, 7) is 9.86. The summed E-state index contributed by atoms with van der Waals surface area (Å²) in [5.41, 5.74) is 0.0660. The number of piperidine rings is 1. The van der Waals surface area contributed by atoms with Gasteiger partial charge in [0.2, 0.25) is 10.0 Å². The Hall–Kier alpha value is -0.130. The van der Waals surface area contributed by atoms with Crippen LogP contribution in [-0.2, 0) is 10.0 Å². The van der Waals surface area contributed by atoms with Crippen LogP contribution in [-0.4, -0.2) is 33.3 Å². The summed E-state index contributed by atoms with van der Waals surface area (Å²) in [6.07, 6.45) is 2.94. The zero-order valence-electron chi connectivity index (χ0n) is 12.1. The minimum Gasteiger partial charge on any atom is -0.314 e. The van der Waals surface area contributed by atoms with Crippen LogP contribution in [0.15, 0.2) is 0 Å². The fourth-order valence-electron chi connectivity index (χ4n) is 1.99. The zero-order valence-corrected chi connectivity index (χ0v) is 12.9. The summed E-state index contributed by atoms with van der Waals surface area (Å²) in [6, 6.07) is 0.568. The van der Waals surface area contributed by atoms with Crippen LogP contribution in [0, 0.1) is 11.3 Å². The summed E-state index contributed by atoms with van der Waals surface area (Å²) in [5, 5.41) is 3.39. The smallest absolute Gasteiger partial charge is 0.211 e. The number of nitrogens with one attached hydrogen (secondary N) is 2. The molecule has 18 heavy (non-hydrogen) atoms. The van der Waals surface area contributed by atoms with Crippen LogP contribution >= 0.6 is 0 Å². The summed E-state index contributed by atoms with van der Waals surface area (Å²) in [4.78, 5) is 0. The highest BCUT2D eigenvalue weighted by Gasteiger charge is 2.21. The van der Waals surface area contributed by atoms with Crippen LogP contribution in [0.5, 0.6) is 0 Å². The van der Waals surface area contributed by atoms with Crippen molar-refractivity contribution in [1.82, 2.24) is 10.0 Å². The normalized spacial score (nSPS) is 26.2. The maximum absolute atomic E-state index is 11.9. The highest BCUT2D eigenvalue weighted by atomic mass is 32.2. The Kier molecular flexibility index (Phi) is 5.62. The summed E-state index contributed by atoms with van der Waals surface area (Å²) in [7, 11) is -3.11. The largest absolute Gasteiger partial charge is 0.314 e. The van der Waals surface area contributed by atoms with Gasteiger partial charge >= 0.3 is 0 Å². The summed E-state index contributed by atoms with van der Waals surface area (Å²) in [5.74, 6) is 0.665. The van der Waals surface area contributed by atoms with Crippen LogP contribution < -0.4 is 10.0 Å². The van der Waals surface area contributed by atoms with Gasteiger partial charge in [-0.05, 0) is 44.1 Å². The number of hydrogen-bond donors (Lipinski definition) is 2. The van der Waals surface area contributed by atoms with E-state index in [0.29, 0.717) is 24.9 Å². The molecule has 1 aliphatic rings. The molecular formula is C13H28N2O2S. The number of sulfonamides is 1.